The zero-order chi connectivity index (χ0) is 17.7. The van der Waals surface area contributed by atoms with Crippen LogP contribution in [0.15, 0.2) is 52.5 Å². The first-order valence-corrected chi connectivity index (χ1v) is 8.67. The van der Waals surface area contributed by atoms with Crippen LogP contribution in [-0.2, 0) is 14.9 Å². The summed E-state index contributed by atoms with van der Waals surface area (Å²) in [6.45, 7) is 3.15. The minimum atomic E-state index is -4.00. The minimum absolute atomic E-state index is 0.0350. The SMILES string of the molecule is CC(=O)NN=Cc1cc(Cl)ccc1OS(=O)(=O)c1ccc(C)cc1. The Morgan fingerprint density at radius 3 is 2.50 bits per heavy atom. The molecule has 126 valence electrons. The minimum Gasteiger partial charge on any atom is -0.378 e. The number of carbonyl (C=O) groups excluding carboxylic acids is 1. The fourth-order valence-electron chi connectivity index (χ4n) is 1.76. The molecule has 0 saturated carbocycles. The molecule has 0 heterocycles. The maximum absolute atomic E-state index is 12.4. The van der Waals surface area contributed by atoms with Crippen molar-refractivity contribution in [2.75, 3.05) is 0 Å². The molecule has 1 N–H and O–H groups in total. The van der Waals surface area contributed by atoms with E-state index in [2.05, 4.69) is 10.5 Å². The van der Waals surface area contributed by atoms with Gasteiger partial charge in [0.05, 0.1) is 6.21 Å². The van der Waals surface area contributed by atoms with Gasteiger partial charge in [-0.15, -0.1) is 0 Å². The molecule has 0 saturated heterocycles. The first-order valence-electron chi connectivity index (χ1n) is 6.88. The summed E-state index contributed by atoms with van der Waals surface area (Å²) in [6.07, 6.45) is 1.26. The van der Waals surface area contributed by atoms with Crippen molar-refractivity contribution in [1.29, 1.82) is 0 Å². The number of hydrogen-bond donors (Lipinski definition) is 1. The standard InChI is InChI=1S/C16H15ClN2O4S/c1-11-3-6-15(7-4-11)24(21,22)23-16-8-5-14(17)9-13(16)10-18-19-12(2)20/h3-10H,1-2H3,(H,19,20). The summed E-state index contributed by atoms with van der Waals surface area (Å²) in [4.78, 5) is 10.9. The third-order valence-electron chi connectivity index (χ3n) is 2.91. The van der Waals surface area contributed by atoms with Gasteiger partial charge in [0.2, 0.25) is 5.91 Å². The van der Waals surface area contributed by atoms with E-state index in [0.717, 1.165) is 5.56 Å². The molecule has 2 aromatic rings. The van der Waals surface area contributed by atoms with Crippen molar-refractivity contribution in [1.82, 2.24) is 5.43 Å². The third kappa shape index (κ3) is 4.81. The van der Waals surface area contributed by atoms with E-state index in [0.29, 0.717) is 10.6 Å². The molecule has 2 rings (SSSR count). The summed E-state index contributed by atoms with van der Waals surface area (Å²) in [7, 11) is -4.00. The molecule has 8 heteroatoms. The van der Waals surface area contributed by atoms with Crippen LogP contribution in [0.3, 0.4) is 0 Å². The predicted octanol–water partition coefficient (Wildman–Crippen LogP) is 2.89. The van der Waals surface area contributed by atoms with Crippen molar-refractivity contribution in [3.63, 3.8) is 0 Å². The van der Waals surface area contributed by atoms with Gasteiger partial charge in [0.25, 0.3) is 0 Å². The molecule has 2 aromatic carbocycles. The van der Waals surface area contributed by atoms with Gasteiger partial charge in [0.15, 0.2) is 5.75 Å². The number of benzene rings is 2. The number of hydrazone groups is 1. The molecule has 1 amide bonds. The fourth-order valence-corrected chi connectivity index (χ4v) is 2.89. The van der Waals surface area contributed by atoms with Crippen LogP contribution >= 0.6 is 11.6 Å². The lowest BCUT2D eigenvalue weighted by Crippen LogP contribution is -2.13. The second-order valence-corrected chi connectivity index (χ2v) is 6.94. The molecule has 0 unspecified atom stereocenters. The third-order valence-corrected chi connectivity index (χ3v) is 4.39. The molecule has 24 heavy (non-hydrogen) atoms. The van der Waals surface area contributed by atoms with Gasteiger partial charge in [-0.05, 0) is 37.3 Å². The molecule has 0 aromatic heterocycles. The van der Waals surface area contributed by atoms with Gasteiger partial charge >= 0.3 is 10.1 Å². The maximum atomic E-state index is 12.4. The second-order valence-electron chi connectivity index (χ2n) is 4.96. The Labute approximate surface area is 145 Å². The molecular weight excluding hydrogens is 352 g/mol. The van der Waals surface area contributed by atoms with E-state index in [4.69, 9.17) is 15.8 Å². The van der Waals surface area contributed by atoms with Crippen molar-refractivity contribution < 1.29 is 17.4 Å². The maximum Gasteiger partial charge on any atom is 0.339 e. The van der Waals surface area contributed by atoms with Crippen LogP contribution in [0.4, 0.5) is 0 Å². The number of amides is 1. The van der Waals surface area contributed by atoms with Gasteiger partial charge in [0.1, 0.15) is 4.90 Å². The Morgan fingerprint density at radius 1 is 1.21 bits per heavy atom. The van der Waals surface area contributed by atoms with E-state index >= 15 is 0 Å². The van der Waals surface area contributed by atoms with Gasteiger partial charge in [-0.25, -0.2) is 5.43 Å². The molecule has 0 spiro atoms. The second kappa shape index (κ2) is 7.46. The van der Waals surface area contributed by atoms with Gasteiger partial charge in [-0.3, -0.25) is 4.79 Å². The molecule has 0 atom stereocenters. The Hall–Kier alpha value is -2.38. The van der Waals surface area contributed by atoms with E-state index in [-0.39, 0.29) is 16.6 Å². The van der Waals surface area contributed by atoms with Crippen LogP contribution in [0.1, 0.15) is 18.1 Å². The van der Waals surface area contributed by atoms with Crippen molar-refractivity contribution >= 4 is 33.8 Å². The van der Waals surface area contributed by atoms with E-state index < -0.39 is 10.1 Å². The summed E-state index contributed by atoms with van der Waals surface area (Å²) in [5.74, 6) is -0.308. The summed E-state index contributed by atoms with van der Waals surface area (Å²) >= 11 is 5.91. The summed E-state index contributed by atoms with van der Waals surface area (Å²) in [6, 6.07) is 10.7. The lowest BCUT2D eigenvalue weighted by molar-refractivity contribution is -0.118. The van der Waals surface area contributed by atoms with Crippen molar-refractivity contribution in [3.05, 3.63) is 58.6 Å². The number of nitrogens with zero attached hydrogens (tertiary/aromatic N) is 1. The average molecular weight is 367 g/mol. The van der Waals surface area contributed by atoms with Crippen LogP contribution in [0.25, 0.3) is 0 Å². The van der Waals surface area contributed by atoms with Gasteiger partial charge in [-0.2, -0.15) is 13.5 Å². The Kier molecular flexibility index (Phi) is 5.58. The quantitative estimate of drug-likeness (QED) is 0.501. The normalized spacial score (nSPS) is 11.5. The molecular formula is C16H15ClN2O4S. The molecule has 6 nitrogen and oxygen atoms in total. The monoisotopic (exact) mass is 366 g/mol. The smallest absolute Gasteiger partial charge is 0.339 e. The first-order chi connectivity index (χ1) is 11.3. The van der Waals surface area contributed by atoms with Gasteiger partial charge in [-0.1, -0.05) is 29.3 Å². The lowest BCUT2D eigenvalue weighted by Gasteiger charge is -2.10. The highest BCUT2D eigenvalue weighted by Gasteiger charge is 2.18. The topological polar surface area (TPSA) is 84.8 Å². The van der Waals surface area contributed by atoms with Crippen LogP contribution in [0, 0.1) is 6.92 Å². The number of rotatable bonds is 5. The van der Waals surface area contributed by atoms with Crippen LogP contribution in [-0.4, -0.2) is 20.5 Å². The Morgan fingerprint density at radius 2 is 1.88 bits per heavy atom. The molecule has 0 bridgehead atoms. The lowest BCUT2D eigenvalue weighted by atomic mass is 10.2. The van der Waals surface area contributed by atoms with Crippen LogP contribution in [0.2, 0.25) is 5.02 Å². The Bertz CT molecular complexity index is 877. The van der Waals surface area contributed by atoms with Crippen molar-refractivity contribution in [3.8, 4) is 5.75 Å². The van der Waals surface area contributed by atoms with E-state index in [1.165, 1.54) is 43.5 Å². The Balaban J connectivity index is 2.33. The van der Waals surface area contributed by atoms with E-state index in [1.54, 1.807) is 12.1 Å². The zero-order valence-corrected chi connectivity index (χ0v) is 14.6. The van der Waals surface area contributed by atoms with E-state index in [1.807, 2.05) is 6.92 Å². The first kappa shape index (κ1) is 18.0. The molecule has 0 fully saturated rings. The number of halogens is 1. The number of hydrogen-bond acceptors (Lipinski definition) is 5. The summed E-state index contributed by atoms with van der Waals surface area (Å²) in [5, 5.41) is 4.07. The fraction of sp³-hybridized carbons (Fsp3) is 0.125. The molecule has 0 aliphatic heterocycles. The average Bonchev–Trinajstić information content (AvgIpc) is 2.50. The number of aryl methyl sites for hydroxylation is 1. The van der Waals surface area contributed by atoms with Crippen molar-refractivity contribution in [2.24, 2.45) is 5.10 Å². The highest BCUT2D eigenvalue weighted by Crippen LogP contribution is 2.25. The van der Waals surface area contributed by atoms with Crippen LogP contribution < -0.4 is 9.61 Å². The van der Waals surface area contributed by atoms with E-state index in [9.17, 15) is 13.2 Å². The zero-order valence-electron chi connectivity index (χ0n) is 13.0. The summed E-state index contributed by atoms with van der Waals surface area (Å²) in [5.41, 5.74) is 3.47. The van der Waals surface area contributed by atoms with Crippen molar-refractivity contribution in [2.45, 2.75) is 18.7 Å². The highest BCUT2D eigenvalue weighted by molar-refractivity contribution is 7.87. The predicted molar refractivity (Wildman–Crippen MR) is 91.9 cm³/mol. The van der Waals surface area contributed by atoms with Crippen LogP contribution in [0.5, 0.6) is 5.75 Å². The molecule has 0 aliphatic rings. The van der Waals surface area contributed by atoms with Gasteiger partial charge < -0.3 is 4.18 Å². The molecule has 0 radical (unpaired) electrons. The number of carbonyl (C=O) groups is 1. The highest BCUT2D eigenvalue weighted by atomic mass is 35.5. The molecule has 0 aliphatic carbocycles. The summed E-state index contributed by atoms with van der Waals surface area (Å²) < 4.78 is 29.9. The largest absolute Gasteiger partial charge is 0.378 e. The number of nitrogens with one attached hydrogen (secondary N) is 1. The van der Waals surface area contributed by atoms with Gasteiger partial charge in [0, 0.05) is 17.5 Å².